The SMILES string of the molecule is C1=CC2C(C=C1c1ccc3c(c1)oc1ccccc13)C1=CCCC=C1N2c1ccc(-c2cc(-c3cccc(-n4c5ccccc5c5cc(-c6ccc7c(c6)oc6ccccc67)ccc54)c3)nc(-c3cccc(-n4c5ccccc5c5cc(-c6ccc7c(c6)oc6ccccc67)ccc54)c3)n2)cc1. The molecule has 8 nitrogen and oxygen atoms in total. The van der Waals surface area contributed by atoms with Crippen LogP contribution in [0.3, 0.4) is 0 Å². The number of furan rings is 3. The van der Waals surface area contributed by atoms with E-state index in [2.05, 4.69) is 299 Å². The largest absolute Gasteiger partial charge is 0.456 e. The van der Waals surface area contributed by atoms with E-state index in [-0.39, 0.29) is 12.0 Å². The van der Waals surface area contributed by atoms with Gasteiger partial charge in [-0.1, -0.05) is 188 Å². The molecule has 22 rings (SSSR count). The van der Waals surface area contributed by atoms with Crippen LogP contribution in [0, 0.1) is 5.92 Å². The topological polar surface area (TPSA) is 78.3 Å². The molecule has 0 saturated carbocycles. The van der Waals surface area contributed by atoms with Crippen LogP contribution in [0.2, 0.25) is 0 Å². The molecule has 478 valence electrons. The number of hydrogen-bond acceptors (Lipinski definition) is 6. The predicted octanol–water partition coefficient (Wildman–Crippen LogP) is 24.8. The van der Waals surface area contributed by atoms with E-state index in [4.69, 9.17) is 23.2 Å². The van der Waals surface area contributed by atoms with Crippen molar-refractivity contribution in [2.24, 2.45) is 5.92 Å². The average Bonchev–Trinajstić information content (AvgIpc) is 1.60. The van der Waals surface area contributed by atoms with Crippen molar-refractivity contribution in [3.63, 3.8) is 0 Å². The molecule has 0 amide bonds. The van der Waals surface area contributed by atoms with E-state index in [1.54, 1.807) is 0 Å². The molecule has 3 aliphatic rings. The van der Waals surface area contributed by atoms with Crippen molar-refractivity contribution in [3.8, 4) is 67.5 Å². The normalized spacial score (nSPS) is 15.3. The second kappa shape index (κ2) is 22.1. The number of allylic oxidation sites excluding steroid dienone is 5. The van der Waals surface area contributed by atoms with E-state index in [1.807, 2.05) is 36.4 Å². The Morgan fingerprint density at radius 2 is 0.745 bits per heavy atom. The first-order chi connectivity index (χ1) is 50.5. The summed E-state index contributed by atoms with van der Waals surface area (Å²) in [6, 6.07) is 105. The Balaban J connectivity index is 0.650. The van der Waals surface area contributed by atoms with Crippen LogP contribution >= 0.6 is 0 Å². The number of hydrogen-bond donors (Lipinski definition) is 0. The Hall–Kier alpha value is -13.3. The summed E-state index contributed by atoms with van der Waals surface area (Å²) in [6.45, 7) is 0. The maximum atomic E-state index is 6.38. The highest BCUT2D eigenvalue weighted by molar-refractivity contribution is 6.14. The average molecular weight is 1310 g/mol. The Morgan fingerprint density at radius 1 is 0.304 bits per heavy atom. The van der Waals surface area contributed by atoms with Gasteiger partial charge >= 0.3 is 0 Å². The van der Waals surface area contributed by atoms with Crippen LogP contribution in [-0.4, -0.2) is 25.1 Å². The number of rotatable bonds is 9. The molecular formula is C94H59N5O3. The first-order valence-corrected chi connectivity index (χ1v) is 35.1. The molecule has 1 saturated heterocycles. The molecule has 102 heavy (non-hydrogen) atoms. The lowest BCUT2D eigenvalue weighted by molar-refractivity contribution is 0.668. The Kier molecular flexibility index (Phi) is 12.3. The van der Waals surface area contributed by atoms with Gasteiger partial charge in [-0.3, -0.25) is 0 Å². The summed E-state index contributed by atoms with van der Waals surface area (Å²) < 4.78 is 23.9. The molecule has 7 heterocycles. The van der Waals surface area contributed by atoms with Gasteiger partial charge < -0.3 is 27.3 Å². The van der Waals surface area contributed by atoms with Crippen molar-refractivity contribution in [1.82, 2.24) is 19.1 Å². The standard InChI is InChI=1S/C94H59N5O3/c1-7-25-82-68(19-1)77-49-57(60-33-41-74-71-22-4-10-28-88(71)100-91(74)52-60)36-44-85(77)97(82)65-39-31-56(32-40-65)80-55-81(63-15-13-17-66(47-63)98-83-26-8-2-20-69(83)78-50-58(37-45-86(78)98)61-34-42-75-72-23-5-11-29-89(72)101-92(75)53-61)96-94(95-80)64-16-14-18-67(48-64)99-84-27-9-3-21-70(84)79-51-59(38-46-87(79)99)62-35-43-76-73-24-6-12-30-90(73)102-93(76)54-62/h2-6,8-55,77,85H,1,7H2. The molecular weight excluding hydrogens is 1250 g/mol. The third-order valence-electron chi connectivity index (χ3n) is 21.7. The Labute approximate surface area is 585 Å². The first-order valence-electron chi connectivity index (χ1n) is 35.1. The molecule has 8 heteroatoms. The zero-order valence-electron chi connectivity index (χ0n) is 55.1. The fourth-order valence-corrected chi connectivity index (χ4v) is 16.9. The fourth-order valence-electron chi connectivity index (χ4n) is 16.9. The van der Waals surface area contributed by atoms with Crippen LogP contribution in [-0.2, 0) is 0 Å². The Bertz CT molecular complexity index is 6630. The van der Waals surface area contributed by atoms with Gasteiger partial charge in [0.2, 0.25) is 0 Å². The quantitative estimate of drug-likeness (QED) is 0.143. The highest BCUT2D eigenvalue weighted by atomic mass is 16.3. The molecule has 0 N–H and O–H groups in total. The lowest BCUT2D eigenvalue weighted by Crippen LogP contribution is -2.30. The van der Waals surface area contributed by atoms with Crippen molar-refractivity contribution >= 4 is 121 Å². The molecule has 13 aromatic carbocycles. The van der Waals surface area contributed by atoms with E-state index in [1.165, 1.54) is 38.4 Å². The van der Waals surface area contributed by atoms with Crippen LogP contribution < -0.4 is 4.90 Å². The third kappa shape index (κ3) is 8.82. The van der Waals surface area contributed by atoms with Crippen molar-refractivity contribution in [1.29, 1.82) is 0 Å². The van der Waals surface area contributed by atoms with Crippen molar-refractivity contribution in [3.05, 3.63) is 338 Å². The molecule has 1 aliphatic heterocycles. The number of anilines is 1. The van der Waals surface area contributed by atoms with Gasteiger partial charge in [-0.2, -0.15) is 0 Å². The van der Waals surface area contributed by atoms with E-state index in [0.717, 1.165) is 174 Å². The molecule has 1 fully saturated rings. The van der Waals surface area contributed by atoms with Gasteiger partial charge in [-0.25, -0.2) is 9.97 Å². The third-order valence-corrected chi connectivity index (χ3v) is 21.7. The summed E-state index contributed by atoms with van der Waals surface area (Å²) >= 11 is 0. The highest BCUT2D eigenvalue weighted by Gasteiger charge is 2.41. The number of nitrogens with zero attached hydrogens (tertiary/aromatic N) is 5. The van der Waals surface area contributed by atoms with Crippen molar-refractivity contribution in [2.75, 3.05) is 4.90 Å². The van der Waals surface area contributed by atoms with Gasteiger partial charge in [0.1, 0.15) is 33.5 Å². The van der Waals surface area contributed by atoms with Crippen LogP contribution in [0.1, 0.15) is 18.4 Å². The summed E-state index contributed by atoms with van der Waals surface area (Å²) in [7, 11) is 0. The van der Waals surface area contributed by atoms with Crippen LogP contribution in [0.5, 0.6) is 0 Å². The first kappa shape index (κ1) is 56.7. The van der Waals surface area contributed by atoms with Gasteiger partial charge in [0.25, 0.3) is 0 Å². The molecule has 0 spiro atoms. The monoisotopic (exact) mass is 1310 g/mol. The summed E-state index contributed by atoms with van der Waals surface area (Å²) in [6.07, 6.45) is 14.1. The minimum atomic E-state index is 0.118. The van der Waals surface area contributed by atoms with E-state index < -0.39 is 0 Å². The van der Waals surface area contributed by atoms with Gasteiger partial charge in [-0.05, 0) is 185 Å². The van der Waals surface area contributed by atoms with Crippen molar-refractivity contribution in [2.45, 2.75) is 18.9 Å². The smallest absolute Gasteiger partial charge is 0.160 e. The van der Waals surface area contributed by atoms with Crippen LogP contribution in [0.25, 0.3) is 183 Å². The lowest BCUT2D eigenvalue weighted by Gasteiger charge is -2.29. The summed E-state index contributed by atoms with van der Waals surface area (Å²) in [5.74, 6) is 0.822. The minimum Gasteiger partial charge on any atom is -0.456 e. The van der Waals surface area contributed by atoms with E-state index >= 15 is 0 Å². The molecule has 6 aromatic heterocycles. The summed E-state index contributed by atoms with van der Waals surface area (Å²) in [5, 5.41) is 11.5. The number of fused-ring (bicyclic) bond motifs is 18. The minimum absolute atomic E-state index is 0.118. The van der Waals surface area contributed by atoms with Crippen molar-refractivity contribution < 1.29 is 13.3 Å². The lowest BCUT2D eigenvalue weighted by atomic mass is 9.84. The molecule has 2 aliphatic carbocycles. The predicted molar refractivity (Wildman–Crippen MR) is 418 cm³/mol. The molecule has 0 radical (unpaired) electrons. The summed E-state index contributed by atoms with van der Waals surface area (Å²) in [4.78, 5) is 13.7. The highest BCUT2D eigenvalue weighted by Crippen LogP contribution is 2.49. The van der Waals surface area contributed by atoms with Gasteiger partial charge in [0.15, 0.2) is 5.82 Å². The molecule has 2 unspecified atom stereocenters. The zero-order valence-corrected chi connectivity index (χ0v) is 55.1. The molecule has 19 aromatic rings. The van der Waals surface area contributed by atoms with Gasteiger partial charge in [0, 0.05) is 99.2 Å². The number of benzene rings is 13. The van der Waals surface area contributed by atoms with Gasteiger partial charge in [0.05, 0.1) is 39.5 Å². The summed E-state index contributed by atoms with van der Waals surface area (Å²) in [5.41, 5.74) is 27.1. The van der Waals surface area contributed by atoms with Gasteiger partial charge in [-0.15, -0.1) is 0 Å². The van der Waals surface area contributed by atoms with E-state index in [0.29, 0.717) is 5.82 Å². The molecule has 2 atom stereocenters. The molecule has 0 bridgehead atoms. The second-order valence-corrected chi connectivity index (χ2v) is 27.4. The number of aromatic nitrogens is 4. The van der Waals surface area contributed by atoms with Crippen LogP contribution in [0.4, 0.5) is 5.69 Å². The maximum Gasteiger partial charge on any atom is 0.160 e. The Morgan fingerprint density at radius 3 is 1.32 bits per heavy atom. The second-order valence-electron chi connectivity index (χ2n) is 27.4. The van der Waals surface area contributed by atoms with Crippen LogP contribution in [0.15, 0.2) is 346 Å². The van der Waals surface area contributed by atoms with E-state index in [9.17, 15) is 0 Å². The maximum absolute atomic E-state index is 6.38. The fraction of sp³-hybridized carbons (Fsp3) is 0.0426. The zero-order chi connectivity index (χ0) is 66.7. The number of para-hydroxylation sites is 5.